The summed E-state index contributed by atoms with van der Waals surface area (Å²) in [7, 11) is 0. The third-order valence-electron chi connectivity index (χ3n) is 2.99. The number of anilines is 1. The lowest BCUT2D eigenvalue weighted by molar-refractivity contribution is 0.341. The first kappa shape index (κ1) is 14.9. The van der Waals surface area contributed by atoms with Crippen LogP contribution in [-0.2, 0) is 0 Å². The van der Waals surface area contributed by atoms with Crippen LogP contribution in [0.4, 0.5) is 10.1 Å². The molecule has 2 rings (SSSR count). The van der Waals surface area contributed by atoms with E-state index < -0.39 is 0 Å². The number of para-hydroxylation sites is 2. The van der Waals surface area contributed by atoms with Gasteiger partial charge in [0.2, 0.25) is 0 Å². The van der Waals surface area contributed by atoms with Crippen molar-refractivity contribution in [3.05, 3.63) is 58.3 Å². The van der Waals surface area contributed by atoms with Gasteiger partial charge in [-0.25, -0.2) is 4.39 Å². The molecule has 0 radical (unpaired) electrons. The van der Waals surface area contributed by atoms with Crippen molar-refractivity contribution in [2.45, 2.75) is 19.9 Å². The Morgan fingerprint density at radius 3 is 2.70 bits per heavy atom. The zero-order valence-electron chi connectivity index (χ0n) is 11.5. The van der Waals surface area contributed by atoms with Gasteiger partial charge in [-0.15, -0.1) is 0 Å². The fourth-order valence-electron chi connectivity index (χ4n) is 2.03. The van der Waals surface area contributed by atoms with Crippen molar-refractivity contribution in [2.24, 2.45) is 0 Å². The average Bonchev–Trinajstić information content (AvgIpc) is 2.41. The molecule has 0 saturated carbocycles. The van der Waals surface area contributed by atoms with Crippen LogP contribution in [0.15, 0.2) is 46.9 Å². The summed E-state index contributed by atoms with van der Waals surface area (Å²) in [4.78, 5) is 0. The molecule has 0 spiro atoms. The molecule has 1 atom stereocenters. The maximum Gasteiger partial charge on any atom is 0.142 e. The minimum atomic E-state index is -0.248. The molecule has 0 heterocycles. The monoisotopic (exact) mass is 337 g/mol. The highest BCUT2D eigenvalue weighted by atomic mass is 79.9. The Balaban J connectivity index is 2.21. The van der Waals surface area contributed by atoms with Crippen LogP contribution >= 0.6 is 15.9 Å². The zero-order chi connectivity index (χ0) is 14.5. The Hall–Kier alpha value is -1.55. The van der Waals surface area contributed by atoms with Crippen molar-refractivity contribution in [1.82, 2.24) is 0 Å². The molecule has 2 aromatic carbocycles. The summed E-state index contributed by atoms with van der Waals surface area (Å²) in [5.41, 5.74) is 1.93. The predicted molar refractivity (Wildman–Crippen MR) is 83.7 cm³/mol. The quantitative estimate of drug-likeness (QED) is 0.813. The Bertz CT molecular complexity index is 588. The number of hydrogen-bond donors (Lipinski definition) is 1. The van der Waals surface area contributed by atoms with Gasteiger partial charge in [0.1, 0.15) is 11.6 Å². The van der Waals surface area contributed by atoms with Gasteiger partial charge in [-0.2, -0.15) is 0 Å². The molecule has 20 heavy (non-hydrogen) atoms. The Kier molecular flexibility index (Phi) is 5.01. The van der Waals surface area contributed by atoms with Crippen LogP contribution in [0.5, 0.6) is 5.75 Å². The van der Waals surface area contributed by atoms with Crippen molar-refractivity contribution in [3.8, 4) is 5.75 Å². The second kappa shape index (κ2) is 6.75. The summed E-state index contributed by atoms with van der Waals surface area (Å²) in [5, 5.41) is 3.39. The van der Waals surface area contributed by atoms with Gasteiger partial charge in [-0.05, 0) is 43.7 Å². The number of hydrogen-bond acceptors (Lipinski definition) is 2. The van der Waals surface area contributed by atoms with Gasteiger partial charge in [-0.1, -0.05) is 34.1 Å². The van der Waals surface area contributed by atoms with Gasteiger partial charge < -0.3 is 10.1 Å². The van der Waals surface area contributed by atoms with Gasteiger partial charge >= 0.3 is 0 Å². The second-order valence-electron chi connectivity index (χ2n) is 4.46. The molecule has 1 unspecified atom stereocenters. The summed E-state index contributed by atoms with van der Waals surface area (Å²) in [6.45, 7) is 4.60. The van der Waals surface area contributed by atoms with Crippen molar-refractivity contribution in [3.63, 3.8) is 0 Å². The number of nitrogens with one attached hydrogen (secondary N) is 1. The molecule has 106 valence electrons. The van der Waals surface area contributed by atoms with Gasteiger partial charge in [0.15, 0.2) is 0 Å². The van der Waals surface area contributed by atoms with Crippen LogP contribution in [0, 0.1) is 5.82 Å². The normalized spacial score (nSPS) is 12.0. The van der Waals surface area contributed by atoms with E-state index in [1.807, 2.05) is 38.1 Å². The highest BCUT2D eigenvalue weighted by molar-refractivity contribution is 9.10. The van der Waals surface area contributed by atoms with E-state index in [9.17, 15) is 4.39 Å². The third kappa shape index (κ3) is 3.51. The van der Waals surface area contributed by atoms with E-state index >= 15 is 0 Å². The Morgan fingerprint density at radius 1 is 1.25 bits per heavy atom. The van der Waals surface area contributed by atoms with Crippen LogP contribution in [0.25, 0.3) is 0 Å². The molecular formula is C16H17BrFNO. The molecule has 0 saturated heterocycles. The average molecular weight is 338 g/mol. The van der Waals surface area contributed by atoms with E-state index in [0.29, 0.717) is 6.61 Å². The lowest BCUT2D eigenvalue weighted by Gasteiger charge is -2.19. The van der Waals surface area contributed by atoms with Crippen molar-refractivity contribution < 1.29 is 9.13 Å². The summed E-state index contributed by atoms with van der Waals surface area (Å²) >= 11 is 3.40. The number of halogens is 2. The molecule has 1 N–H and O–H groups in total. The zero-order valence-corrected chi connectivity index (χ0v) is 13.1. The van der Waals surface area contributed by atoms with Crippen LogP contribution < -0.4 is 10.1 Å². The smallest absolute Gasteiger partial charge is 0.142 e. The lowest BCUT2D eigenvalue weighted by Crippen LogP contribution is -2.09. The topological polar surface area (TPSA) is 21.3 Å². The van der Waals surface area contributed by atoms with Gasteiger partial charge in [-0.3, -0.25) is 0 Å². The van der Waals surface area contributed by atoms with Crippen LogP contribution in [0.3, 0.4) is 0 Å². The largest absolute Gasteiger partial charge is 0.492 e. The molecule has 0 fully saturated rings. The molecule has 0 aliphatic rings. The molecule has 2 aromatic rings. The minimum absolute atomic E-state index is 0.0339. The van der Waals surface area contributed by atoms with Crippen molar-refractivity contribution in [1.29, 1.82) is 0 Å². The first-order valence-electron chi connectivity index (χ1n) is 6.55. The van der Waals surface area contributed by atoms with Gasteiger partial charge in [0.25, 0.3) is 0 Å². The van der Waals surface area contributed by atoms with Crippen LogP contribution in [0.1, 0.15) is 25.5 Å². The van der Waals surface area contributed by atoms with E-state index in [2.05, 4.69) is 21.2 Å². The number of benzene rings is 2. The van der Waals surface area contributed by atoms with Gasteiger partial charge in [0, 0.05) is 10.5 Å². The fraction of sp³-hybridized carbons (Fsp3) is 0.250. The Morgan fingerprint density at radius 2 is 2.00 bits per heavy atom. The highest BCUT2D eigenvalue weighted by Crippen LogP contribution is 2.31. The van der Waals surface area contributed by atoms with E-state index in [-0.39, 0.29) is 11.9 Å². The van der Waals surface area contributed by atoms with Crippen molar-refractivity contribution >= 4 is 21.6 Å². The second-order valence-corrected chi connectivity index (χ2v) is 5.32. The molecule has 2 nitrogen and oxygen atoms in total. The highest BCUT2D eigenvalue weighted by Gasteiger charge is 2.12. The van der Waals surface area contributed by atoms with E-state index in [1.54, 1.807) is 6.07 Å². The van der Waals surface area contributed by atoms with Crippen LogP contribution in [0.2, 0.25) is 0 Å². The summed E-state index contributed by atoms with van der Waals surface area (Å²) in [6, 6.07) is 12.5. The maximum atomic E-state index is 13.1. The lowest BCUT2D eigenvalue weighted by atomic mass is 10.1. The summed E-state index contributed by atoms with van der Waals surface area (Å²) in [6.07, 6.45) is 0. The van der Waals surface area contributed by atoms with Crippen molar-refractivity contribution in [2.75, 3.05) is 11.9 Å². The van der Waals surface area contributed by atoms with E-state index in [0.717, 1.165) is 21.5 Å². The predicted octanol–water partition coefficient (Wildman–Crippen LogP) is 5.16. The molecule has 0 amide bonds. The molecule has 4 heteroatoms. The van der Waals surface area contributed by atoms with E-state index in [4.69, 9.17) is 4.74 Å². The standard InChI is InChI=1S/C16H17BrFNO/c1-3-20-16-7-5-4-6-15(16)19-11(2)13-9-8-12(18)10-14(13)17/h4-11,19H,3H2,1-2H3. The minimum Gasteiger partial charge on any atom is -0.492 e. The molecule has 0 bridgehead atoms. The molecule has 0 aromatic heterocycles. The fourth-order valence-corrected chi connectivity index (χ4v) is 2.73. The molecule has 0 aliphatic heterocycles. The SMILES string of the molecule is CCOc1ccccc1NC(C)c1ccc(F)cc1Br. The molecule has 0 aliphatic carbocycles. The van der Waals surface area contributed by atoms with Gasteiger partial charge in [0.05, 0.1) is 12.3 Å². The number of rotatable bonds is 5. The maximum absolute atomic E-state index is 13.1. The Labute approximate surface area is 127 Å². The summed E-state index contributed by atoms with van der Waals surface area (Å²) < 4.78 is 19.5. The third-order valence-corrected chi connectivity index (χ3v) is 3.67. The molecular weight excluding hydrogens is 321 g/mol. The first-order valence-corrected chi connectivity index (χ1v) is 7.34. The van der Waals surface area contributed by atoms with E-state index in [1.165, 1.54) is 12.1 Å². The number of ether oxygens (including phenoxy) is 1. The first-order chi connectivity index (χ1) is 9.61. The van der Waals surface area contributed by atoms with Crippen LogP contribution in [-0.4, -0.2) is 6.61 Å². The summed E-state index contributed by atoms with van der Waals surface area (Å²) in [5.74, 6) is 0.572.